The van der Waals surface area contributed by atoms with Gasteiger partial charge in [0.25, 0.3) is 5.91 Å². The Morgan fingerprint density at radius 3 is 2.73 bits per heavy atom. The molecule has 0 aliphatic carbocycles. The van der Waals surface area contributed by atoms with Crippen molar-refractivity contribution in [2.45, 2.75) is 18.7 Å². The molecule has 2 N–H and O–H groups in total. The number of ether oxygens (including phenoxy) is 1. The van der Waals surface area contributed by atoms with Crippen molar-refractivity contribution in [2.75, 3.05) is 38.1 Å². The molecule has 1 aromatic carbocycles. The van der Waals surface area contributed by atoms with Crippen LogP contribution in [0.5, 0.6) is 5.75 Å². The van der Waals surface area contributed by atoms with E-state index < -0.39 is 10.0 Å². The van der Waals surface area contributed by atoms with Crippen LogP contribution in [0.1, 0.15) is 13.8 Å². The maximum absolute atomic E-state index is 12.3. The zero-order chi connectivity index (χ0) is 16.2. The Labute approximate surface area is 130 Å². The minimum Gasteiger partial charge on any atom is -0.482 e. The lowest BCUT2D eigenvalue weighted by molar-refractivity contribution is -0.118. The predicted octanol–water partition coefficient (Wildman–Crippen LogP) is 0.638. The van der Waals surface area contributed by atoms with Crippen LogP contribution in [0.4, 0.5) is 5.69 Å². The molecule has 0 saturated carbocycles. The Morgan fingerprint density at radius 1 is 1.32 bits per heavy atom. The highest BCUT2D eigenvalue weighted by Crippen LogP contribution is 2.29. The third-order valence-corrected chi connectivity index (χ3v) is 4.97. The fourth-order valence-corrected chi connectivity index (χ4v) is 3.24. The Hall–Kier alpha value is -1.64. The van der Waals surface area contributed by atoms with Gasteiger partial charge in [0.15, 0.2) is 6.61 Å². The van der Waals surface area contributed by atoms with Crippen LogP contribution in [-0.2, 0) is 14.8 Å². The van der Waals surface area contributed by atoms with E-state index in [-0.39, 0.29) is 17.4 Å². The van der Waals surface area contributed by atoms with Gasteiger partial charge in [-0.15, -0.1) is 0 Å². The first-order valence-electron chi connectivity index (χ1n) is 7.25. The number of nitrogens with one attached hydrogen (secondary N) is 2. The van der Waals surface area contributed by atoms with E-state index >= 15 is 0 Å². The quantitative estimate of drug-likeness (QED) is 0.767. The average Bonchev–Trinajstić information content (AvgIpc) is 2.50. The van der Waals surface area contributed by atoms with Crippen molar-refractivity contribution in [1.29, 1.82) is 0 Å². The summed E-state index contributed by atoms with van der Waals surface area (Å²) in [7, 11) is -3.61. The molecule has 122 valence electrons. The van der Waals surface area contributed by atoms with Crippen LogP contribution in [0, 0.1) is 0 Å². The van der Waals surface area contributed by atoms with E-state index in [1.54, 1.807) is 6.07 Å². The zero-order valence-electron chi connectivity index (χ0n) is 12.8. The summed E-state index contributed by atoms with van der Waals surface area (Å²) in [6.07, 6.45) is 0. The van der Waals surface area contributed by atoms with Gasteiger partial charge < -0.3 is 15.0 Å². The first-order chi connectivity index (χ1) is 10.5. The lowest BCUT2D eigenvalue weighted by Gasteiger charge is -2.19. The van der Waals surface area contributed by atoms with E-state index in [0.29, 0.717) is 24.5 Å². The van der Waals surface area contributed by atoms with Gasteiger partial charge in [0.1, 0.15) is 5.75 Å². The number of amides is 1. The summed E-state index contributed by atoms with van der Waals surface area (Å²) in [4.78, 5) is 13.5. The maximum Gasteiger partial charge on any atom is 0.262 e. The lowest BCUT2D eigenvalue weighted by Crippen LogP contribution is -2.35. The van der Waals surface area contributed by atoms with Gasteiger partial charge in [-0.3, -0.25) is 4.79 Å². The molecule has 1 aliphatic heterocycles. The van der Waals surface area contributed by atoms with E-state index in [4.69, 9.17) is 4.74 Å². The van der Waals surface area contributed by atoms with E-state index in [2.05, 4.69) is 14.9 Å². The van der Waals surface area contributed by atoms with E-state index in [1.807, 2.05) is 13.8 Å². The summed E-state index contributed by atoms with van der Waals surface area (Å²) < 4.78 is 32.3. The van der Waals surface area contributed by atoms with Crippen LogP contribution in [0.2, 0.25) is 0 Å². The molecule has 0 bridgehead atoms. The minimum atomic E-state index is -3.61. The van der Waals surface area contributed by atoms with E-state index in [0.717, 1.165) is 13.1 Å². The van der Waals surface area contributed by atoms with Gasteiger partial charge in [-0.05, 0) is 31.3 Å². The number of carbonyl (C=O) groups excluding carboxylic acids is 1. The molecule has 2 rings (SSSR count). The van der Waals surface area contributed by atoms with Gasteiger partial charge in [0.2, 0.25) is 10.0 Å². The molecule has 0 aromatic heterocycles. The normalized spacial score (nSPS) is 14.4. The number of anilines is 1. The minimum absolute atomic E-state index is 0.0543. The Balaban J connectivity index is 2.06. The fraction of sp³-hybridized carbons (Fsp3) is 0.500. The molecule has 1 heterocycles. The molecule has 0 radical (unpaired) electrons. The van der Waals surface area contributed by atoms with E-state index in [9.17, 15) is 13.2 Å². The molecule has 0 saturated heterocycles. The molecule has 0 atom stereocenters. The fourth-order valence-electron chi connectivity index (χ4n) is 2.19. The standard InChI is InChI=1S/C14H21N3O4S/c1-3-17(4-2)8-7-15-22(19,20)11-5-6-13-12(9-11)16-14(18)10-21-13/h5-6,9,15H,3-4,7-8,10H2,1-2H3,(H,16,18). The molecule has 0 unspecified atom stereocenters. The topological polar surface area (TPSA) is 87.7 Å². The van der Waals surface area contributed by atoms with Crippen LogP contribution < -0.4 is 14.8 Å². The maximum atomic E-state index is 12.3. The van der Waals surface area contributed by atoms with Crippen molar-refractivity contribution in [3.05, 3.63) is 18.2 Å². The Kier molecular flexibility index (Phi) is 5.38. The number of hydrogen-bond donors (Lipinski definition) is 2. The largest absolute Gasteiger partial charge is 0.482 e. The van der Waals surface area contributed by atoms with Crippen molar-refractivity contribution >= 4 is 21.6 Å². The summed E-state index contributed by atoms with van der Waals surface area (Å²) in [5.41, 5.74) is 0.378. The molecule has 22 heavy (non-hydrogen) atoms. The molecule has 7 nitrogen and oxygen atoms in total. The first kappa shape index (κ1) is 16.7. The summed E-state index contributed by atoms with van der Waals surface area (Å²) in [6.45, 7) is 6.75. The number of nitrogens with zero attached hydrogens (tertiary/aromatic N) is 1. The van der Waals surface area contributed by atoms with E-state index in [1.165, 1.54) is 12.1 Å². The monoisotopic (exact) mass is 327 g/mol. The second-order valence-electron chi connectivity index (χ2n) is 4.92. The van der Waals surface area contributed by atoms with Gasteiger partial charge in [0.05, 0.1) is 10.6 Å². The number of hydrogen-bond acceptors (Lipinski definition) is 5. The molecule has 0 spiro atoms. The highest BCUT2D eigenvalue weighted by molar-refractivity contribution is 7.89. The van der Waals surface area contributed by atoms with Crippen LogP contribution >= 0.6 is 0 Å². The second-order valence-corrected chi connectivity index (χ2v) is 6.69. The molecule has 1 aliphatic rings. The highest BCUT2D eigenvalue weighted by atomic mass is 32.2. The Morgan fingerprint density at radius 2 is 2.05 bits per heavy atom. The number of sulfonamides is 1. The van der Waals surface area contributed by atoms with Gasteiger partial charge in [0, 0.05) is 13.1 Å². The summed E-state index contributed by atoms with van der Waals surface area (Å²) in [6, 6.07) is 4.43. The molecule has 1 amide bonds. The smallest absolute Gasteiger partial charge is 0.262 e. The predicted molar refractivity (Wildman–Crippen MR) is 83.5 cm³/mol. The van der Waals surface area contributed by atoms with Crippen LogP contribution in [0.15, 0.2) is 23.1 Å². The van der Waals surface area contributed by atoms with Gasteiger partial charge in [-0.1, -0.05) is 13.8 Å². The molecule has 8 heteroatoms. The number of fused-ring (bicyclic) bond motifs is 1. The van der Waals surface area contributed by atoms with Gasteiger partial charge in [-0.25, -0.2) is 13.1 Å². The SMILES string of the molecule is CCN(CC)CCNS(=O)(=O)c1ccc2c(c1)NC(=O)CO2. The summed E-state index contributed by atoms with van der Waals surface area (Å²) >= 11 is 0. The van der Waals surface area contributed by atoms with Crippen molar-refractivity contribution in [3.63, 3.8) is 0 Å². The summed E-state index contributed by atoms with van der Waals surface area (Å²) in [5.74, 6) is 0.179. The zero-order valence-corrected chi connectivity index (χ0v) is 13.6. The molecule has 0 fully saturated rings. The Bertz CT molecular complexity index is 641. The second kappa shape index (κ2) is 7.08. The van der Waals surface area contributed by atoms with Gasteiger partial charge >= 0.3 is 0 Å². The third kappa shape index (κ3) is 3.96. The highest BCUT2D eigenvalue weighted by Gasteiger charge is 2.20. The van der Waals surface area contributed by atoms with Crippen molar-refractivity contribution in [1.82, 2.24) is 9.62 Å². The van der Waals surface area contributed by atoms with Crippen molar-refractivity contribution < 1.29 is 17.9 Å². The lowest BCUT2D eigenvalue weighted by atomic mass is 10.2. The third-order valence-electron chi connectivity index (χ3n) is 3.51. The number of likely N-dealkylation sites (N-methyl/N-ethyl adjacent to an activating group) is 1. The molecular weight excluding hydrogens is 306 g/mol. The van der Waals surface area contributed by atoms with Crippen LogP contribution in [0.25, 0.3) is 0 Å². The summed E-state index contributed by atoms with van der Waals surface area (Å²) in [5, 5.41) is 2.60. The number of benzene rings is 1. The average molecular weight is 327 g/mol. The van der Waals surface area contributed by atoms with Crippen LogP contribution in [-0.4, -0.2) is 52.0 Å². The molecular formula is C14H21N3O4S. The molecule has 1 aromatic rings. The van der Waals surface area contributed by atoms with Crippen molar-refractivity contribution in [2.24, 2.45) is 0 Å². The number of rotatable bonds is 7. The van der Waals surface area contributed by atoms with Gasteiger partial charge in [-0.2, -0.15) is 0 Å². The van der Waals surface area contributed by atoms with Crippen LogP contribution in [0.3, 0.4) is 0 Å². The number of carbonyl (C=O) groups is 1. The first-order valence-corrected chi connectivity index (χ1v) is 8.73. The van der Waals surface area contributed by atoms with Crippen molar-refractivity contribution in [3.8, 4) is 5.75 Å².